The fourth-order valence-corrected chi connectivity index (χ4v) is 8.79. The second kappa shape index (κ2) is 29.4. The summed E-state index contributed by atoms with van der Waals surface area (Å²) in [6.45, 7) is 5.41. The molecule has 338 valence electrons. The van der Waals surface area contributed by atoms with Gasteiger partial charge < -0.3 is 39.6 Å². The lowest BCUT2D eigenvalue weighted by Gasteiger charge is -2.23. The molecule has 4 N–H and O–H groups in total. The SMILES string of the molecule is CCCCCCCCCCCC[C@@H](O)[C@H]1CC[C@H]([C@H](O)CCCCC(CCCCC[C@@H](O)CC2=C[C@H](C)OC2=O)NCCc2ccc(OC)c(OCc3ccccc3)c2)O1. The van der Waals surface area contributed by atoms with Crippen LogP contribution in [0.15, 0.2) is 60.2 Å². The first kappa shape index (κ1) is 49.7. The Morgan fingerprint density at radius 3 is 1.93 bits per heavy atom. The summed E-state index contributed by atoms with van der Waals surface area (Å²) in [7, 11) is 1.67. The van der Waals surface area contributed by atoms with Crippen LogP contribution in [0.4, 0.5) is 0 Å². The molecular formula is C51H81NO8. The molecule has 0 bridgehead atoms. The second-order valence-corrected chi connectivity index (χ2v) is 17.6. The monoisotopic (exact) mass is 836 g/mol. The number of esters is 1. The molecule has 1 saturated heterocycles. The molecular weight excluding hydrogens is 755 g/mol. The highest BCUT2D eigenvalue weighted by atomic mass is 16.5. The molecule has 2 heterocycles. The van der Waals surface area contributed by atoms with Crippen LogP contribution < -0.4 is 14.8 Å². The molecule has 0 aliphatic carbocycles. The van der Waals surface area contributed by atoms with Crippen LogP contribution in [0.25, 0.3) is 0 Å². The van der Waals surface area contributed by atoms with Crippen LogP contribution in [0.5, 0.6) is 11.5 Å². The zero-order chi connectivity index (χ0) is 42.8. The van der Waals surface area contributed by atoms with E-state index in [0.717, 1.165) is 101 Å². The summed E-state index contributed by atoms with van der Waals surface area (Å²) < 4.78 is 23.2. The molecule has 9 heteroatoms. The maximum Gasteiger partial charge on any atom is 0.334 e. The number of aliphatic hydroxyl groups is 3. The lowest BCUT2D eigenvalue weighted by molar-refractivity contribution is -0.139. The third kappa shape index (κ3) is 19.4. The number of carbonyl (C=O) groups is 1. The Balaban J connectivity index is 1.16. The molecule has 1 unspecified atom stereocenters. The number of carbonyl (C=O) groups excluding carboxylic acids is 1. The number of hydrogen-bond donors (Lipinski definition) is 4. The average molecular weight is 836 g/mol. The molecule has 9 nitrogen and oxygen atoms in total. The Morgan fingerprint density at radius 1 is 0.717 bits per heavy atom. The number of rotatable bonds is 34. The van der Waals surface area contributed by atoms with Crippen molar-refractivity contribution in [1.82, 2.24) is 5.32 Å². The van der Waals surface area contributed by atoms with Gasteiger partial charge in [-0.05, 0) is 94.2 Å². The van der Waals surface area contributed by atoms with E-state index in [1.165, 1.54) is 63.4 Å². The van der Waals surface area contributed by atoms with Crippen LogP contribution in [-0.4, -0.2) is 77.6 Å². The summed E-state index contributed by atoms with van der Waals surface area (Å²) in [5.74, 6) is 1.16. The molecule has 4 rings (SSSR count). The van der Waals surface area contributed by atoms with E-state index < -0.39 is 18.3 Å². The maximum absolute atomic E-state index is 12.0. The lowest BCUT2D eigenvalue weighted by atomic mass is 9.97. The van der Waals surface area contributed by atoms with Crippen LogP contribution >= 0.6 is 0 Å². The quantitative estimate of drug-likeness (QED) is 0.0403. The Labute approximate surface area is 363 Å². The molecule has 0 spiro atoms. The molecule has 60 heavy (non-hydrogen) atoms. The summed E-state index contributed by atoms with van der Waals surface area (Å²) in [6.07, 6.45) is 24.6. The van der Waals surface area contributed by atoms with E-state index in [1.54, 1.807) is 7.11 Å². The van der Waals surface area contributed by atoms with Gasteiger partial charge in [-0.2, -0.15) is 0 Å². The van der Waals surface area contributed by atoms with Gasteiger partial charge in [-0.1, -0.05) is 140 Å². The fourth-order valence-electron chi connectivity index (χ4n) is 8.79. The van der Waals surface area contributed by atoms with Gasteiger partial charge in [-0.15, -0.1) is 0 Å². The van der Waals surface area contributed by atoms with Crippen LogP contribution in [0.2, 0.25) is 0 Å². The van der Waals surface area contributed by atoms with E-state index in [2.05, 4.69) is 36.5 Å². The lowest BCUT2D eigenvalue weighted by Crippen LogP contribution is -2.32. The third-order valence-corrected chi connectivity index (χ3v) is 12.4. The van der Waals surface area contributed by atoms with Crippen molar-refractivity contribution in [3.8, 4) is 11.5 Å². The minimum Gasteiger partial charge on any atom is -0.493 e. The first-order valence-electron chi connectivity index (χ1n) is 23.9. The van der Waals surface area contributed by atoms with Crippen LogP contribution in [0.3, 0.4) is 0 Å². The van der Waals surface area contributed by atoms with Gasteiger partial charge in [0.1, 0.15) is 12.7 Å². The van der Waals surface area contributed by atoms with Crippen LogP contribution in [-0.2, 0) is 27.3 Å². The van der Waals surface area contributed by atoms with Gasteiger partial charge in [-0.25, -0.2) is 4.79 Å². The molecule has 0 amide bonds. The molecule has 2 aliphatic heterocycles. The Bertz CT molecular complexity index is 1470. The van der Waals surface area contributed by atoms with Crippen molar-refractivity contribution in [3.05, 3.63) is 71.3 Å². The minimum absolute atomic E-state index is 0.157. The van der Waals surface area contributed by atoms with Crippen LogP contribution in [0, 0.1) is 0 Å². The van der Waals surface area contributed by atoms with Crippen molar-refractivity contribution >= 4 is 5.97 Å². The molecule has 0 saturated carbocycles. The van der Waals surface area contributed by atoms with Crippen molar-refractivity contribution < 1.29 is 39.1 Å². The van der Waals surface area contributed by atoms with Gasteiger partial charge in [0, 0.05) is 18.0 Å². The molecule has 0 radical (unpaired) electrons. The summed E-state index contributed by atoms with van der Waals surface area (Å²) in [4.78, 5) is 12.0. The van der Waals surface area contributed by atoms with E-state index >= 15 is 0 Å². The molecule has 2 aliphatic rings. The van der Waals surface area contributed by atoms with E-state index in [4.69, 9.17) is 18.9 Å². The Hall–Kier alpha value is -2.95. The number of nitrogens with one attached hydrogen (secondary N) is 1. The highest BCUT2D eigenvalue weighted by Gasteiger charge is 2.34. The normalized spacial score (nSPS) is 19.8. The van der Waals surface area contributed by atoms with E-state index in [-0.39, 0.29) is 24.3 Å². The third-order valence-electron chi connectivity index (χ3n) is 12.4. The number of aliphatic hydroxyl groups excluding tert-OH is 3. The highest BCUT2D eigenvalue weighted by Crippen LogP contribution is 2.30. The van der Waals surface area contributed by atoms with Gasteiger partial charge in [0.05, 0.1) is 37.6 Å². The maximum atomic E-state index is 12.0. The first-order chi connectivity index (χ1) is 29.2. The van der Waals surface area contributed by atoms with Gasteiger partial charge in [0.2, 0.25) is 0 Å². The van der Waals surface area contributed by atoms with Crippen molar-refractivity contribution in [2.45, 2.75) is 217 Å². The number of hydrogen-bond acceptors (Lipinski definition) is 9. The second-order valence-electron chi connectivity index (χ2n) is 17.6. The van der Waals surface area contributed by atoms with Crippen molar-refractivity contribution in [2.24, 2.45) is 0 Å². The first-order valence-corrected chi connectivity index (χ1v) is 23.9. The van der Waals surface area contributed by atoms with Gasteiger partial charge >= 0.3 is 5.97 Å². The van der Waals surface area contributed by atoms with E-state index in [1.807, 2.05) is 37.3 Å². The zero-order valence-corrected chi connectivity index (χ0v) is 37.5. The topological polar surface area (TPSA) is 127 Å². The molecule has 0 aromatic heterocycles. The van der Waals surface area contributed by atoms with Gasteiger partial charge in [-0.3, -0.25) is 0 Å². The predicted octanol–water partition coefficient (Wildman–Crippen LogP) is 10.5. The minimum atomic E-state index is -0.535. The standard InChI is InChI=1S/C51H81NO8/c1-4-5-6-7-8-9-10-11-12-19-27-45(54)47-31-32-48(60-47)46(55)28-21-20-25-43(24-17-14-18-26-44(53)37-42-35-39(2)59-51(42)56)52-34-33-40-29-30-49(57-3)50(36-40)58-38-41-22-15-13-16-23-41/h13,15-16,22-23,29-30,35-36,39,43-48,52-55H,4-12,14,17-21,24-28,31-34,37-38H2,1-3H3/t39-,43?,44+,45+,46+,47+,48+/m0/s1. The molecule has 7 atom stereocenters. The van der Waals surface area contributed by atoms with Gasteiger partial charge in [0.15, 0.2) is 11.5 Å². The molecule has 2 aromatic carbocycles. The molecule has 2 aromatic rings. The largest absolute Gasteiger partial charge is 0.493 e. The van der Waals surface area contributed by atoms with Crippen molar-refractivity contribution in [1.29, 1.82) is 0 Å². The number of benzene rings is 2. The predicted molar refractivity (Wildman–Crippen MR) is 241 cm³/mol. The number of methoxy groups -OCH3 is 1. The van der Waals surface area contributed by atoms with Gasteiger partial charge in [0.25, 0.3) is 0 Å². The number of cyclic esters (lactones) is 1. The van der Waals surface area contributed by atoms with Crippen LogP contribution in [0.1, 0.15) is 173 Å². The summed E-state index contributed by atoms with van der Waals surface area (Å²) in [5.41, 5.74) is 2.88. The van der Waals surface area contributed by atoms with Crippen molar-refractivity contribution in [3.63, 3.8) is 0 Å². The molecule has 1 fully saturated rings. The fraction of sp³-hybridized carbons (Fsp3) is 0.706. The smallest absolute Gasteiger partial charge is 0.334 e. The Kier molecular flexibility index (Phi) is 24.3. The number of unbranched alkanes of at least 4 members (excludes halogenated alkanes) is 12. The van der Waals surface area contributed by atoms with Crippen molar-refractivity contribution in [2.75, 3.05) is 13.7 Å². The number of ether oxygens (including phenoxy) is 4. The van der Waals surface area contributed by atoms with E-state index in [9.17, 15) is 20.1 Å². The zero-order valence-electron chi connectivity index (χ0n) is 37.5. The Morgan fingerprint density at radius 2 is 1.30 bits per heavy atom. The van der Waals surface area contributed by atoms with E-state index in [0.29, 0.717) is 37.5 Å². The summed E-state index contributed by atoms with van der Waals surface area (Å²) in [6, 6.07) is 16.6. The average Bonchev–Trinajstić information content (AvgIpc) is 3.88. The summed E-state index contributed by atoms with van der Waals surface area (Å²) >= 11 is 0. The summed E-state index contributed by atoms with van der Waals surface area (Å²) in [5, 5.41) is 36.3. The highest BCUT2D eigenvalue weighted by molar-refractivity contribution is 5.90.